The van der Waals surface area contributed by atoms with Gasteiger partial charge in [0.25, 0.3) is 5.91 Å². The van der Waals surface area contributed by atoms with Gasteiger partial charge in [-0.3, -0.25) is 9.59 Å². The smallest absolute Gasteiger partial charge is 0.251 e. The van der Waals surface area contributed by atoms with Crippen LogP contribution in [0.5, 0.6) is 0 Å². The Balaban J connectivity index is 1.81. The molecule has 2 aromatic carbocycles. The fourth-order valence-corrected chi connectivity index (χ4v) is 2.97. The Morgan fingerprint density at radius 1 is 0.931 bits per heavy atom. The Morgan fingerprint density at radius 3 is 2.17 bits per heavy atom. The summed E-state index contributed by atoms with van der Waals surface area (Å²) in [7, 11) is 3.20. The van der Waals surface area contributed by atoms with E-state index in [1.54, 1.807) is 38.4 Å². The van der Waals surface area contributed by atoms with Crippen molar-refractivity contribution in [3.63, 3.8) is 0 Å². The van der Waals surface area contributed by atoms with Crippen LogP contribution in [0.3, 0.4) is 0 Å². The highest BCUT2D eigenvalue weighted by molar-refractivity contribution is 5.94. The van der Waals surface area contributed by atoms with Crippen LogP contribution >= 0.6 is 0 Å². The lowest BCUT2D eigenvalue weighted by atomic mass is 10.1. The second-order valence-corrected chi connectivity index (χ2v) is 6.77. The van der Waals surface area contributed by atoms with Gasteiger partial charge in [-0.1, -0.05) is 18.9 Å². The van der Waals surface area contributed by atoms with Crippen LogP contribution in [0, 0.1) is 11.6 Å². The van der Waals surface area contributed by atoms with Gasteiger partial charge in [-0.05, 0) is 49.2 Å². The maximum atomic E-state index is 13.9. The quantitative estimate of drug-likeness (QED) is 0.586. The summed E-state index contributed by atoms with van der Waals surface area (Å²) in [5.74, 6) is -1.44. The minimum absolute atomic E-state index is 0.0464. The van der Waals surface area contributed by atoms with E-state index >= 15 is 0 Å². The van der Waals surface area contributed by atoms with Crippen LogP contribution in [0.2, 0.25) is 0 Å². The summed E-state index contributed by atoms with van der Waals surface area (Å²) < 4.78 is 27.9. The van der Waals surface area contributed by atoms with Crippen molar-refractivity contribution in [2.45, 2.75) is 32.1 Å². The van der Waals surface area contributed by atoms with Gasteiger partial charge in [0.05, 0.1) is 0 Å². The Bertz CT molecular complexity index is 805. The molecular formula is C22H27F2N3O2. The predicted octanol–water partition coefficient (Wildman–Crippen LogP) is 4.16. The molecule has 2 rings (SSSR count). The molecule has 0 aliphatic rings. The third kappa shape index (κ3) is 6.55. The first-order chi connectivity index (χ1) is 13.9. The van der Waals surface area contributed by atoms with Crippen LogP contribution in [0.15, 0.2) is 42.5 Å². The molecule has 0 radical (unpaired) electrons. The predicted molar refractivity (Wildman–Crippen MR) is 110 cm³/mol. The van der Waals surface area contributed by atoms with E-state index in [1.165, 1.54) is 23.1 Å². The summed E-state index contributed by atoms with van der Waals surface area (Å²) in [6.07, 6.45) is 4.09. The number of halogens is 2. The lowest BCUT2D eigenvalue weighted by molar-refractivity contribution is -0.120. The first-order valence-electron chi connectivity index (χ1n) is 9.70. The van der Waals surface area contributed by atoms with Crippen molar-refractivity contribution in [1.29, 1.82) is 0 Å². The highest BCUT2D eigenvalue weighted by Gasteiger charge is 2.15. The van der Waals surface area contributed by atoms with Crippen molar-refractivity contribution in [2.24, 2.45) is 0 Å². The van der Waals surface area contributed by atoms with Gasteiger partial charge < -0.3 is 15.5 Å². The molecule has 7 heteroatoms. The third-order valence-corrected chi connectivity index (χ3v) is 4.68. The van der Waals surface area contributed by atoms with E-state index in [2.05, 4.69) is 10.6 Å². The second-order valence-electron chi connectivity index (χ2n) is 6.77. The molecule has 2 N–H and O–H groups in total. The van der Waals surface area contributed by atoms with Crippen LogP contribution in [-0.4, -0.2) is 32.5 Å². The van der Waals surface area contributed by atoms with Crippen molar-refractivity contribution < 1.29 is 18.4 Å². The molecular weight excluding hydrogens is 376 g/mol. The van der Waals surface area contributed by atoms with Crippen molar-refractivity contribution in [3.8, 4) is 0 Å². The van der Waals surface area contributed by atoms with Crippen LogP contribution < -0.4 is 15.5 Å². The van der Waals surface area contributed by atoms with E-state index < -0.39 is 11.6 Å². The van der Waals surface area contributed by atoms with Gasteiger partial charge in [-0.15, -0.1) is 0 Å². The van der Waals surface area contributed by atoms with E-state index in [0.717, 1.165) is 25.7 Å². The summed E-state index contributed by atoms with van der Waals surface area (Å²) in [6.45, 7) is 0.556. The molecule has 0 aromatic heterocycles. The Morgan fingerprint density at radius 2 is 1.55 bits per heavy atom. The molecule has 29 heavy (non-hydrogen) atoms. The highest BCUT2D eigenvalue weighted by Crippen LogP contribution is 2.28. The number of anilines is 2. The summed E-state index contributed by atoms with van der Waals surface area (Å²) in [6, 6.07) is 10.3. The van der Waals surface area contributed by atoms with E-state index in [9.17, 15) is 18.4 Å². The van der Waals surface area contributed by atoms with Crippen molar-refractivity contribution in [1.82, 2.24) is 10.6 Å². The molecule has 0 aliphatic heterocycles. The van der Waals surface area contributed by atoms with Gasteiger partial charge in [0, 0.05) is 38.3 Å². The molecule has 0 saturated heterocycles. The number of benzene rings is 2. The number of hydrogen-bond acceptors (Lipinski definition) is 3. The van der Waals surface area contributed by atoms with E-state index in [1.807, 2.05) is 0 Å². The van der Waals surface area contributed by atoms with Crippen molar-refractivity contribution in [2.75, 3.05) is 25.5 Å². The average Bonchev–Trinajstić information content (AvgIpc) is 2.72. The second kappa shape index (κ2) is 11.1. The fourth-order valence-electron chi connectivity index (χ4n) is 2.97. The number of nitrogens with zero attached hydrogens (tertiary/aromatic N) is 1. The maximum absolute atomic E-state index is 13.9. The number of carbonyl (C=O) groups is 2. The zero-order valence-corrected chi connectivity index (χ0v) is 16.8. The molecule has 156 valence electrons. The van der Waals surface area contributed by atoms with Crippen LogP contribution in [0.4, 0.5) is 20.2 Å². The molecule has 0 heterocycles. The van der Waals surface area contributed by atoms with E-state index in [4.69, 9.17) is 0 Å². The third-order valence-electron chi connectivity index (χ3n) is 4.68. The molecule has 0 atom stereocenters. The Hall–Kier alpha value is -2.96. The normalized spacial score (nSPS) is 10.5. The minimum Gasteiger partial charge on any atom is -0.359 e. The Kier molecular flexibility index (Phi) is 8.58. The first kappa shape index (κ1) is 22.3. The summed E-state index contributed by atoms with van der Waals surface area (Å²) >= 11 is 0. The summed E-state index contributed by atoms with van der Waals surface area (Å²) in [4.78, 5) is 24.7. The molecule has 5 nitrogen and oxygen atoms in total. The number of hydrogen-bond donors (Lipinski definition) is 2. The van der Waals surface area contributed by atoms with Crippen molar-refractivity contribution in [3.05, 3.63) is 59.7 Å². The van der Waals surface area contributed by atoms with Gasteiger partial charge in [-0.25, -0.2) is 8.78 Å². The minimum atomic E-state index is -0.648. The van der Waals surface area contributed by atoms with Gasteiger partial charge >= 0.3 is 0 Å². The summed E-state index contributed by atoms with van der Waals surface area (Å²) in [5, 5.41) is 5.45. The number of amides is 2. The summed E-state index contributed by atoms with van der Waals surface area (Å²) in [5.41, 5.74) is 0.915. The van der Waals surface area contributed by atoms with Crippen LogP contribution in [0.25, 0.3) is 0 Å². The Labute approximate surface area is 170 Å². The molecule has 2 amide bonds. The van der Waals surface area contributed by atoms with Gasteiger partial charge in [0.15, 0.2) is 0 Å². The number of nitrogens with one attached hydrogen (secondary N) is 2. The number of rotatable bonds is 10. The lowest BCUT2D eigenvalue weighted by Crippen LogP contribution is -2.24. The largest absolute Gasteiger partial charge is 0.359 e. The molecule has 0 aliphatic carbocycles. The molecule has 0 saturated carbocycles. The zero-order valence-electron chi connectivity index (χ0n) is 16.8. The number of unbranched alkanes of at least 4 members (excludes halogenated alkanes) is 3. The van der Waals surface area contributed by atoms with Crippen LogP contribution in [-0.2, 0) is 4.79 Å². The van der Waals surface area contributed by atoms with Crippen LogP contribution in [0.1, 0.15) is 42.5 Å². The van der Waals surface area contributed by atoms with E-state index in [-0.39, 0.29) is 17.5 Å². The number of carbonyl (C=O) groups excluding carboxylic acids is 2. The SMILES string of the molecule is CNC(=O)CCCCCCNC(=O)c1ccc(N(C)c2c(F)cccc2F)cc1. The van der Waals surface area contributed by atoms with Gasteiger partial charge in [0.1, 0.15) is 17.3 Å². The van der Waals surface area contributed by atoms with Crippen molar-refractivity contribution >= 4 is 23.2 Å². The number of para-hydroxylation sites is 1. The highest BCUT2D eigenvalue weighted by atomic mass is 19.1. The zero-order chi connectivity index (χ0) is 21.2. The fraction of sp³-hybridized carbons (Fsp3) is 0.364. The molecule has 0 unspecified atom stereocenters. The average molecular weight is 403 g/mol. The first-order valence-corrected chi connectivity index (χ1v) is 9.70. The molecule has 0 spiro atoms. The maximum Gasteiger partial charge on any atom is 0.251 e. The standard InChI is InChI=1S/C22H27F2N3O2/c1-25-20(28)10-5-3-4-6-15-26-22(29)16-11-13-17(14-12-16)27(2)21-18(23)8-7-9-19(21)24/h7-9,11-14H,3-6,10,15H2,1-2H3,(H,25,28)(H,26,29). The molecule has 2 aromatic rings. The van der Waals surface area contributed by atoms with Gasteiger partial charge in [-0.2, -0.15) is 0 Å². The molecule has 0 fully saturated rings. The van der Waals surface area contributed by atoms with E-state index in [0.29, 0.717) is 24.2 Å². The van der Waals surface area contributed by atoms with Gasteiger partial charge in [0.2, 0.25) is 5.91 Å². The monoisotopic (exact) mass is 403 g/mol. The molecule has 0 bridgehead atoms. The lowest BCUT2D eigenvalue weighted by Gasteiger charge is -2.21. The topological polar surface area (TPSA) is 61.4 Å².